The van der Waals surface area contributed by atoms with Crippen LogP contribution in [0.4, 0.5) is 4.79 Å². The van der Waals surface area contributed by atoms with E-state index >= 15 is 0 Å². The highest BCUT2D eigenvalue weighted by Gasteiger charge is 2.51. The van der Waals surface area contributed by atoms with Gasteiger partial charge in [0.05, 0.1) is 11.6 Å². The predicted molar refractivity (Wildman–Crippen MR) is 101 cm³/mol. The summed E-state index contributed by atoms with van der Waals surface area (Å²) < 4.78 is 33.6. The van der Waals surface area contributed by atoms with E-state index in [1.54, 1.807) is 29.3 Å². The number of hydrogen-bond donors (Lipinski definition) is 0. The second-order valence-corrected chi connectivity index (χ2v) is 9.94. The summed E-state index contributed by atoms with van der Waals surface area (Å²) in [7, 11) is -3.69. The Morgan fingerprint density at radius 3 is 2.56 bits per heavy atom. The third kappa shape index (κ3) is 3.17. The molecule has 2 atom stereocenters. The molecule has 2 unspecified atom stereocenters. The lowest BCUT2D eigenvalue weighted by Gasteiger charge is -2.34. The van der Waals surface area contributed by atoms with E-state index < -0.39 is 15.6 Å². The molecule has 2 saturated heterocycles. The van der Waals surface area contributed by atoms with Crippen molar-refractivity contribution >= 4 is 27.0 Å². The topological polar surface area (TPSA) is 79.8 Å². The summed E-state index contributed by atoms with van der Waals surface area (Å²) in [5, 5.41) is 0.790. The van der Waals surface area contributed by atoms with Crippen LogP contribution in [0, 0.1) is 0 Å². The molecule has 2 bridgehead atoms. The van der Waals surface area contributed by atoms with Gasteiger partial charge in [-0.15, -0.1) is 0 Å². The van der Waals surface area contributed by atoms with Crippen molar-refractivity contribution in [1.82, 2.24) is 14.2 Å². The van der Waals surface area contributed by atoms with Gasteiger partial charge in [-0.2, -0.15) is 4.31 Å². The first-order valence-electron chi connectivity index (χ1n) is 9.02. The fraction of sp³-hybridized carbons (Fsp3) is 0.474. The van der Waals surface area contributed by atoms with Gasteiger partial charge in [0.1, 0.15) is 10.5 Å². The van der Waals surface area contributed by atoms with E-state index in [0.717, 1.165) is 5.39 Å². The zero-order chi connectivity index (χ0) is 19.4. The molecule has 2 aliphatic rings. The predicted octanol–water partition coefficient (Wildman–Crippen LogP) is 2.62. The molecule has 0 N–H and O–H groups in total. The lowest BCUT2D eigenvalue weighted by Crippen LogP contribution is -2.51. The molecule has 0 aliphatic carbocycles. The molecule has 1 aromatic heterocycles. The molecule has 1 amide bonds. The van der Waals surface area contributed by atoms with Gasteiger partial charge in [0.2, 0.25) is 10.0 Å². The monoisotopic (exact) mass is 389 g/mol. The van der Waals surface area contributed by atoms with E-state index in [1.165, 1.54) is 4.31 Å². The Balaban J connectivity index is 1.59. The molecule has 0 spiro atoms. The molecule has 3 heterocycles. The number of aromatic nitrogens is 1. The summed E-state index contributed by atoms with van der Waals surface area (Å²) in [5.74, 6) is 0. The molecule has 2 fully saturated rings. The minimum absolute atomic E-state index is 0.150. The summed E-state index contributed by atoms with van der Waals surface area (Å²) in [4.78, 5) is 18.5. The minimum Gasteiger partial charge on any atom is -0.444 e. The van der Waals surface area contributed by atoms with Crippen molar-refractivity contribution in [3.8, 4) is 0 Å². The van der Waals surface area contributed by atoms with Crippen LogP contribution >= 0.6 is 0 Å². The molecule has 27 heavy (non-hydrogen) atoms. The lowest BCUT2D eigenvalue weighted by molar-refractivity contribution is 0.0173. The molecule has 4 rings (SSSR count). The fourth-order valence-electron chi connectivity index (χ4n) is 3.88. The summed E-state index contributed by atoms with van der Waals surface area (Å²) >= 11 is 0. The van der Waals surface area contributed by atoms with E-state index in [1.807, 2.05) is 32.9 Å². The van der Waals surface area contributed by atoms with E-state index in [-0.39, 0.29) is 29.6 Å². The molecular formula is C19H23N3O4S. The first-order valence-corrected chi connectivity index (χ1v) is 10.5. The Morgan fingerprint density at radius 2 is 1.89 bits per heavy atom. The van der Waals surface area contributed by atoms with Crippen molar-refractivity contribution in [3.05, 3.63) is 36.5 Å². The van der Waals surface area contributed by atoms with Crippen molar-refractivity contribution in [1.29, 1.82) is 0 Å². The second kappa shape index (κ2) is 6.17. The van der Waals surface area contributed by atoms with Crippen LogP contribution in [0.3, 0.4) is 0 Å². The number of hydrogen-bond acceptors (Lipinski definition) is 5. The van der Waals surface area contributed by atoms with Gasteiger partial charge in [-0.1, -0.05) is 18.2 Å². The van der Waals surface area contributed by atoms with Gasteiger partial charge in [0.25, 0.3) is 0 Å². The number of para-hydroxylation sites is 1. The van der Waals surface area contributed by atoms with E-state index in [2.05, 4.69) is 4.98 Å². The molecule has 2 aliphatic heterocycles. The zero-order valence-corrected chi connectivity index (χ0v) is 16.4. The molecule has 1 aromatic carbocycles. The van der Waals surface area contributed by atoms with Gasteiger partial charge in [0.15, 0.2) is 0 Å². The van der Waals surface area contributed by atoms with Crippen LogP contribution in [0.15, 0.2) is 41.4 Å². The summed E-state index contributed by atoms with van der Waals surface area (Å²) in [5.41, 5.74) is -0.0916. The van der Waals surface area contributed by atoms with E-state index in [4.69, 9.17) is 4.74 Å². The highest BCUT2D eigenvalue weighted by atomic mass is 32.2. The van der Waals surface area contributed by atoms with Crippen molar-refractivity contribution in [2.75, 3.05) is 13.1 Å². The maximum atomic E-state index is 13.3. The van der Waals surface area contributed by atoms with Gasteiger partial charge in [0, 0.05) is 30.7 Å². The Hall–Kier alpha value is -2.19. The number of amides is 1. The maximum absolute atomic E-state index is 13.3. The maximum Gasteiger partial charge on any atom is 0.410 e. The summed E-state index contributed by atoms with van der Waals surface area (Å²) in [6.45, 7) is 6.11. The molecule has 144 valence electrons. The highest BCUT2D eigenvalue weighted by Crippen LogP contribution is 2.36. The van der Waals surface area contributed by atoms with Crippen LogP contribution in [0.5, 0.6) is 0 Å². The standard InChI is InChI=1S/C19H23N3O4S/c1-19(2,3)26-18(23)21-11-15-10-14(21)12-22(15)27(24,25)16-8-4-6-13-7-5-9-20-17(13)16/h4-9,14-15H,10-12H2,1-3H3. The number of ether oxygens (including phenoxy) is 1. The molecule has 2 aromatic rings. The Morgan fingerprint density at radius 1 is 1.15 bits per heavy atom. The number of sulfonamides is 1. The van der Waals surface area contributed by atoms with Crippen LogP contribution in [0.25, 0.3) is 10.9 Å². The van der Waals surface area contributed by atoms with Crippen molar-refractivity contribution < 1.29 is 17.9 Å². The highest BCUT2D eigenvalue weighted by molar-refractivity contribution is 7.89. The van der Waals surface area contributed by atoms with Crippen LogP contribution in [0.2, 0.25) is 0 Å². The normalized spacial score (nSPS) is 23.1. The molecule has 8 heteroatoms. The lowest BCUT2D eigenvalue weighted by atomic mass is 10.2. The van der Waals surface area contributed by atoms with E-state index in [0.29, 0.717) is 18.5 Å². The minimum atomic E-state index is -3.69. The molecule has 0 saturated carbocycles. The van der Waals surface area contributed by atoms with Crippen molar-refractivity contribution in [2.45, 2.75) is 49.8 Å². The number of nitrogens with zero attached hydrogens (tertiary/aromatic N) is 3. The third-order valence-corrected chi connectivity index (χ3v) is 6.95. The molecule has 7 nitrogen and oxygen atoms in total. The third-order valence-electron chi connectivity index (χ3n) is 5.00. The number of likely N-dealkylation sites (tertiary alicyclic amines) is 1. The zero-order valence-electron chi connectivity index (χ0n) is 15.6. The molecular weight excluding hydrogens is 366 g/mol. The van der Waals surface area contributed by atoms with E-state index in [9.17, 15) is 13.2 Å². The van der Waals surface area contributed by atoms with Crippen molar-refractivity contribution in [3.63, 3.8) is 0 Å². The van der Waals surface area contributed by atoms with Gasteiger partial charge in [-0.3, -0.25) is 4.98 Å². The number of carbonyl (C=O) groups excluding carboxylic acids is 1. The first kappa shape index (κ1) is 18.2. The Bertz CT molecular complexity index is 994. The van der Waals surface area contributed by atoms with Crippen LogP contribution in [-0.2, 0) is 14.8 Å². The number of benzene rings is 1. The van der Waals surface area contributed by atoms with Crippen molar-refractivity contribution in [2.24, 2.45) is 0 Å². The van der Waals surface area contributed by atoms with Crippen LogP contribution < -0.4 is 0 Å². The van der Waals surface area contributed by atoms with Crippen LogP contribution in [-0.4, -0.2) is 59.5 Å². The molecule has 0 radical (unpaired) electrons. The van der Waals surface area contributed by atoms with Gasteiger partial charge >= 0.3 is 6.09 Å². The fourth-order valence-corrected chi connectivity index (χ4v) is 5.71. The van der Waals surface area contributed by atoms with Gasteiger partial charge in [-0.25, -0.2) is 13.2 Å². The number of pyridine rings is 1. The van der Waals surface area contributed by atoms with Crippen LogP contribution in [0.1, 0.15) is 27.2 Å². The Labute approximate surface area is 159 Å². The average molecular weight is 389 g/mol. The number of piperazine rings is 1. The largest absolute Gasteiger partial charge is 0.444 e. The SMILES string of the molecule is CC(C)(C)OC(=O)N1CC2CC1CN2S(=O)(=O)c1cccc2cccnc12. The summed E-state index contributed by atoms with van der Waals surface area (Å²) in [6, 6.07) is 8.44. The number of fused-ring (bicyclic) bond motifs is 3. The number of carbonyl (C=O) groups is 1. The number of rotatable bonds is 2. The summed E-state index contributed by atoms with van der Waals surface area (Å²) in [6.07, 6.45) is 1.86. The smallest absolute Gasteiger partial charge is 0.410 e. The first-order chi connectivity index (χ1) is 12.7. The average Bonchev–Trinajstić information content (AvgIpc) is 3.21. The van der Waals surface area contributed by atoms with Gasteiger partial charge in [-0.05, 0) is 39.3 Å². The van der Waals surface area contributed by atoms with Gasteiger partial charge < -0.3 is 9.64 Å². The Kier molecular flexibility index (Phi) is 4.16. The second-order valence-electron chi connectivity index (χ2n) is 8.08. The quantitative estimate of drug-likeness (QED) is 0.789.